The molecule has 0 bridgehead atoms. The predicted molar refractivity (Wildman–Crippen MR) is 65.7 cm³/mol. The highest BCUT2D eigenvalue weighted by Gasteiger charge is 2.29. The van der Waals surface area contributed by atoms with E-state index in [0.717, 1.165) is 18.5 Å². The van der Waals surface area contributed by atoms with E-state index in [2.05, 4.69) is 12.2 Å². The van der Waals surface area contributed by atoms with Crippen LogP contribution in [0, 0.1) is 5.92 Å². The number of carbonyl (C=O) groups excluding carboxylic acids is 1. The lowest BCUT2D eigenvalue weighted by molar-refractivity contribution is -0.122. The van der Waals surface area contributed by atoms with Crippen molar-refractivity contribution in [1.29, 1.82) is 0 Å². The van der Waals surface area contributed by atoms with Crippen LogP contribution in [0.15, 0.2) is 24.3 Å². The predicted octanol–water partition coefficient (Wildman–Crippen LogP) is 2.45. The van der Waals surface area contributed by atoms with Gasteiger partial charge in [0.2, 0.25) is 0 Å². The normalized spacial score (nSPS) is 24.6. The molecular weight excluding hydrogens is 222 g/mol. The lowest BCUT2D eigenvalue weighted by atomic mass is 9.92. The fourth-order valence-corrected chi connectivity index (χ4v) is 2.46. The number of hydrogen-bond donors (Lipinski definition) is 1. The second-order valence-corrected chi connectivity index (χ2v) is 4.78. The van der Waals surface area contributed by atoms with Gasteiger partial charge in [-0.3, -0.25) is 4.79 Å². The third kappa shape index (κ3) is 2.45. The zero-order valence-electron chi connectivity index (χ0n) is 9.37. The quantitative estimate of drug-likeness (QED) is 0.875. The van der Waals surface area contributed by atoms with Crippen LogP contribution < -0.4 is 5.32 Å². The summed E-state index contributed by atoms with van der Waals surface area (Å²) >= 11 is 6.04. The molecule has 2 nitrogen and oxygen atoms in total. The van der Waals surface area contributed by atoms with Crippen molar-refractivity contribution in [3.63, 3.8) is 0 Å². The van der Waals surface area contributed by atoms with Gasteiger partial charge in [-0.05, 0) is 31.5 Å². The first-order chi connectivity index (χ1) is 7.68. The molecule has 2 rings (SSSR count). The molecule has 2 unspecified atom stereocenters. The first-order valence-electron chi connectivity index (χ1n) is 5.68. The third-order valence-electron chi connectivity index (χ3n) is 3.26. The molecule has 1 aliphatic rings. The summed E-state index contributed by atoms with van der Waals surface area (Å²) in [7, 11) is 0. The van der Waals surface area contributed by atoms with E-state index in [4.69, 9.17) is 11.6 Å². The molecule has 1 fully saturated rings. The van der Waals surface area contributed by atoms with E-state index in [9.17, 15) is 4.79 Å². The van der Waals surface area contributed by atoms with Crippen molar-refractivity contribution in [3.05, 3.63) is 34.9 Å². The second-order valence-electron chi connectivity index (χ2n) is 4.37. The van der Waals surface area contributed by atoms with Crippen molar-refractivity contribution in [2.75, 3.05) is 6.54 Å². The SMILES string of the molecule is CC1NCCC1C(=O)Cc1ccccc1Cl. The molecule has 0 saturated carbocycles. The number of hydrogen-bond acceptors (Lipinski definition) is 2. The maximum atomic E-state index is 12.1. The Morgan fingerprint density at radius 2 is 2.25 bits per heavy atom. The van der Waals surface area contributed by atoms with Gasteiger partial charge in [-0.15, -0.1) is 0 Å². The molecule has 0 radical (unpaired) electrons. The molecule has 3 heteroatoms. The number of rotatable bonds is 3. The summed E-state index contributed by atoms with van der Waals surface area (Å²) in [6, 6.07) is 7.87. The number of halogens is 1. The van der Waals surface area contributed by atoms with E-state index in [1.807, 2.05) is 24.3 Å². The van der Waals surface area contributed by atoms with Crippen molar-refractivity contribution in [2.45, 2.75) is 25.8 Å². The summed E-state index contributed by atoms with van der Waals surface area (Å²) in [4.78, 5) is 12.1. The average Bonchev–Trinajstić information content (AvgIpc) is 2.68. The molecule has 1 heterocycles. The van der Waals surface area contributed by atoms with Gasteiger partial charge in [0.25, 0.3) is 0 Å². The van der Waals surface area contributed by atoms with Crippen LogP contribution in [0.3, 0.4) is 0 Å². The Bertz CT molecular complexity index is 391. The van der Waals surface area contributed by atoms with E-state index in [-0.39, 0.29) is 5.92 Å². The van der Waals surface area contributed by atoms with Gasteiger partial charge in [-0.2, -0.15) is 0 Å². The fourth-order valence-electron chi connectivity index (χ4n) is 2.26. The number of ketones is 1. The molecule has 0 aromatic heterocycles. The van der Waals surface area contributed by atoms with Crippen LogP contribution in [0.1, 0.15) is 18.9 Å². The molecule has 0 aliphatic carbocycles. The summed E-state index contributed by atoms with van der Waals surface area (Å²) < 4.78 is 0. The maximum absolute atomic E-state index is 12.1. The summed E-state index contributed by atoms with van der Waals surface area (Å²) in [6.45, 7) is 3.02. The molecule has 1 aromatic rings. The topological polar surface area (TPSA) is 29.1 Å². The summed E-state index contributed by atoms with van der Waals surface area (Å²) in [5, 5.41) is 3.99. The first kappa shape index (κ1) is 11.6. The van der Waals surface area contributed by atoms with Crippen LogP contribution in [-0.2, 0) is 11.2 Å². The first-order valence-corrected chi connectivity index (χ1v) is 6.06. The molecule has 2 atom stereocenters. The molecule has 1 aromatic carbocycles. The number of benzene rings is 1. The van der Waals surface area contributed by atoms with Crippen LogP contribution >= 0.6 is 11.6 Å². The smallest absolute Gasteiger partial charge is 0.141 e. The largest absolute Gasteiger partial charge is 0.314 e. The van der Waals surface area contributed by atoms with Gasteiger partial charge in [-0.1, -0.05) is 29.8 Å². The zero-order chi connectivity index (χ0) is 11.5. The maximum Gasteiger partial charge on any atom is 0.141 e. The lowest BCUT2D eigenvalue weighted by Gasteiger charge is -2.14. The van der Waals surface area contributed by atoms with Gasteiger partial charge in [0.05, 0.1) is 0 Å². The van der Waals surface area contributed by atoms with Crippen LogP contribution in [0.25, 0.3) is 0 Å². The van der Waals surface area contributed by atoms with Gasteiger partial charge in [-0.25, -0.2) is 0 Å². The van der Waals surface area contributed by atoms with E-state index < -0.39 is 0 Å². The summed E-state index contributed by atoms with van der Waals surface area (Å²) in [6.07, 6.45) is 1.40. The lowest BCUT2D eigenvalue weighted by Crippen LogP contribution is -2.29. The van der Waals surface area contributed by atoms with E-state index in [1.165, 1.54) is 0 Å². The number of nitrogens with one attached hydrogen (secondary N) is 1. The van der Waals surface area contributed by atoms with Crippen LogP contribution in [-0.4, -0.2) is 18.4 Å². The Kier molecular flexibility index (Phi) is 3.62. The highest BCUT2D eigenvalue weighted by atomic mass is 35.5. The molecule has 16 heavy (non-hydrogen) atoms. The molecule has 0 amide bonds. The average molecular weight is 238 g/mol. The molecule has 1 aliphatic heterocycles. The summed E-state index contributed by atoms with van der Waals surface area (Å²) in [5.41, 5.74) is 0.938. The highest BCUT2D eigenvalue weighted by Crippen LogP contribution is 2.21. The monoisotopic (exact) mass is 237 g/mol. The zero-order valence-corrected chi connectivity index (χ0v) is 10.1. The van der Waals surface area contributed by atoms with Crippen molar-refractivity contribution in [3.8, 4) is 0 Å². The minimum Gasteiger partial charge on any atom is -0.314 e. The number of carbonyl (C=O) groups is 1. The van der Waals surface area contributed by atoms with Gasteiger partial charge in [0.1, 0.15) is 5.78 Å². The van der Waals surface area contributed by atoms with Crippen LogP contribution in [0.4, 0.5) is 0 Å². The fraction of sp³-hybridized carbons (Fsp3) is 0.462. The van der Waals surface area contributed by atoms with Gasteiger partial charge >= 0.3 is 0 Å². The van der Waals surface area contributed by atoms with E-state index >= 15 is 0 Å². The Hall–Kier alpha value is -0.860. The Labute approximate surface area is 101 Å². The minimum absolute atomic E-state index is 0.149. The van der Waals surface area contributed by atoms with E-state index in [1.54, 1.807) is 0 Å². The van der Waals surface area contributed by atoms with E-state index in [0.29, 0.717) is 23.3 Å². The van der Waals surface area contributed by atoms with Gasteiger partial charge in [0.15, 0.2) is 0 Å². The molecule has 1 N–H and O–H groups in total. The summed E-state index contributed by atoms with van der Waals surface area (Å²) in [5.74, 6) is 0.446. The van der Waals surface area contributed by atoms with Crippen molar-refractivity contribution in [2.24, 2.45) is 5.92 Å². The van der Waals surface area contributed by atoms with Crippen molar-refractivity contribution in [1.82, 2.24) is 5.32 Å². The van der Waals surface area contributed by atoms with Gasteiger partial charge in [0, 0.05) is 23.4 Å². The van der Waals surface area contributed by atoms with Crippen molar-refractivity contribution < 1.29 is 4.79 Å². The Morgan fingerprint density at radius 1 is 1.50 bits per heavy atom. The molecular formula is C13H16ClNO. The molecule has 86 valence electrons. The van der Waals surface area contributed by atoms with Crippen LogP contribution in [0.5, 0.6) is 0 Å². The minimum atomic E-state index is 0.149. The standard InChI is InChI=1S/C13H16ClNO/c1-9-11(6-7-15-9)13(16)8-10-4-2-3-5-12(10)14/h2-5,9,11,15H,6-8H2,1H3. The highest BCUT2D eigenvalue weighted by molar-refractivity contribution is 6.31. The van der Waals surface area contributed by atoms with Crippen molar-refractivity contribution >= 4 is 17.4 Å². The Morgan fingerprint density at radius 3 is 2.88 bits per heavy atom. The molecule has 1 saturated heterocycles. The Balaban J connectivity index is 2.05. The van der Waals surface area contributed by atoms with Crippen LogP contribution in [0.2, 0.25) is 5.02 Å². The van der Waals surface area contributed by atoms with Gasteiger partial charge < -0.3 is 5.32 Å². The second kappa shape index (κ2) is 4.98. The molecule has 0 spiro atoms. The number of Topliss-reactive ketones (excluding diaryl/α,β-unsaturated/α-hetero) is 1. The third-order valence-corrected chi connectivity index (χ3v) is 3.63.